The van der Waals surface area contributed by atoms with E-state index in [1.807, 2.05) is 25.1 Å². The predicted octanol–water partition coefficient (Wildman–Crippen LogP) is 1.59. The molecule has 0 unspecified atom stereocenters. The number of benzene rings is 1. The lowest BCUT2D eigenvalue weighted by Gasteiger charge is -2.16. The molecule has 5 nitrogen and oxygen atoms in total. The van der Waals surface area contributed by atoms with E-state index in [1.54, 1.807) is 12.1 Å². The lowest BCUT2D eigenvalue weighted by Crippen LogP contribution is -2.25. The van der Waals surface area contributed by atoms with Gasteiger partial charge in [-0.3, -0.25) is 4.90 Å². The number of nitrogens with two attached hydrogens (primary N) is 1. The van der Waals surface area contributed by atoms with E-state index in [2.05, 4.69) is 4.90 Å². The molecule has 1 aromatic carbocycles. The largest absolute Gasteiger partial charge is 0.461 e. The zero-order chi connectivity index (χ0) is 14.5. The van der Waals surface area contributed by atoms with Crippen molar-refractivity contribution in [3.8, 4) is 0 Å². The fourth-order valence-electron chi connectivity index (χ4n) is 2.45. The van der Waals surface area contributed by atoms with Crippen LogP contribution in [0.3, 0.4) is 0 Å². The summed E-state index contributed by atoms with van der Waals surface area (Å²) in [6.07, 6.45) is 2.49. The third-order valence-electron chi connectivity index (χ3n) is 3.58. The molecule has 1 saturated heterocycles. The number of hydrogen-bond acceptors (Lipinski definition) is 5. The quantitative estimate of drug-likeness (QED) is 0.654. The molecular formula is C15H23N3O2. The Labute approximate surface area is 120 Å². The van der Waals surface area contributed by atoms with Crippen LogP contribution in [0, 0.1) is 0 Å². The zero-order valence-corrected chi connectivity index (χ0v) is 12.3. The fourth-order valence-corrected chi connectivity index (χ4v) is 2.45. The summed E-state index contributed by atoms with van der Waals surface area (Å²) in [7, 11) is 3.83. The van der Waals surface area contributed by atoms with Crippen molar-refractivity contribution in [3.63, 3.8) is 0 Å². The van der Waals surface area contributed by atoms with Gasteiger partial charge in [0.05, 0.1) is 16.9 Å². The van der Waals surface area contributed by atoms with Crippen molar-refractivity contribution >= 4 is 17.3 Å². The van der Waals surface area contributed by atoms with E-state index < -0.39 is 0 Å². The molecule has 0 saturated carbocycles. The SMILES string of the molecule is CN(C)c1ccc(C(=O)OCCN2CCCC2)cc1N. The molecule has 0 radical (unpaired) electrons. The summed E-state index contributed by atoms with van der Waals surface area (Å²) < 4.78 is 5.30. The highest BCUT2D eigenvalue weighted by atomic mass is 16.5. The number of ether oxygens (including phenoxy) is 1. The summed E-state index contributed by atoms with van der Waals surface area (Å²) in [6.45, 7) is 3.48. The van der Waals surface area contributed by atoms with Crippen molar-refractivity contribution in [2.45, 2.75) is 12.8 Å². The molecule has 0 bridgehead atoms. The number of esters is 1. The topological polar surface area (TPSA) is 58.8 Å². The molecule has 1 aromatic rings. The second-order valence-corrected chi connectivity index (χ2v) is 5.35. The Hall–Kier alpha value is -1.75. The van der Waals surface area contributed by atoms with Gasteiger partial charge in [-0.25, -0.2) is 4.79 Å². The Bertz CT molecular complexity index is 468. The number of rotatable bonds is 5. The van der Waals surface area contributed by atoms with Crippen LogP contribution in [-0.2, 0) is 4.74 Å². The summed E-state index contributed by atoms with van der Waals surface area (Å²) >= 11 is 0. The van der Waals surface area contributed by atoms with Gasteiger partial charge in [-0.15, -0.1) is 0 Å². The number of anilines is 2. The maximum atomic E-state index is 11.9. The highest BCUT2D eigenvalue weighted by Crippen LogP contribution is 2.22. The third-order valence-corrected chi connectivity index (χ3v) is 3.58. The first-order chi connectivity index (χ1) is 9.58. The second-order valence-electron chi connectivity index (χ2n) is 5.35. The van der Waals surface area contributed by atoms with E-state index in [0.29, 0.717) is 17.9 Å². The average molecular weight is 277 g/mol. The van der Waals surface area contributed by atoms with Crippen molar-refractivity contribution in [3.05, 3.63) is 23.8 Å². The van der Waals surface area contributed by atoms with Crippen molar-refractivity contribution in [1.29, 1.82) is 0 Å². The molecule has 1 aliphatic heterocycles. The number of hydrogen-bond donors (Lipinski definition) is 1. The van der Waals surface area contributed by atoms with E-state index in [4.69, 9.17) is 10.5 Å². The molecule has 0 amide bonds. The maximum Gasteiger partial charge on any atom is 0.338 e. The average Bonchev–Trinajstić information content (AvgIpc) is 2.91. The van der Waals surface area contributed by atoms with Gasteiger partial charge in [-0.2, -0.15) is 0 Å². The summed E-state index contributed by atoms with van der Waals surface area (Å²) in [5.74, 6) is -0.304. The van der Waals surface area contributed by atoms with Gasteiger partial charge < -0.3 is 15.4 Å². The summed E-state index contributed by atoms with van der Waals surface area (Å²) in [5, 5.41) is 0. The van der Waals surface area contributed by atoms with E-state index in [1.165, 1.54) is 12.8 Å². The Balaban J connectivity index is 1.87. The molecule has 0 aromatic heterocycles. The van der Waals surface area contributed by atoms with Crippen LogP contribution in [0.5, 0.6) is 0 Å². The maximum absolute atomic E-state index is 11.9. The van der Waals surface area contributed by atoms with Crippen LogP contribution in [-0.4, -0.2) is 51.2 Å². The molecule has 2 N–H and O–H groups in total. The third kappa shape index (κ3) is 3.63. The van der Waals surface area contributed by atoms with Crippen LogP contribution in [0.1, 0.15) is 23.2 Å². The van der Waals surface area contributed by atoms with Gasteiger partial charge in [0.15, 0.2) is 0 Å². The molecule has 1 heterocycles. The molecule has 5 heteroatoms. The molecule has 2 rings (SSSR count). The summed E-state index contributed by atoms with van der Waals surface area (Å²) in [5.41, 5.74) is 7.93. The molecule has 110 valence electrons. The highest BCUT2D eigenvalue weighted by molar-refractivity contribution is 5.92. The van der Waals surface area contributed by atoms with Crippen LogP contribution in [0.25, 0.3) is 0 Å². The number of nitrogens with zero attached hydrogens (tertiary/aromatic N) is 2. The second kappa shape index (κ2) is 6.61. The van der Waals surface area contributed by atoms with Crippen molar-refractivity contribution < 1.29 is 9.53 Å². The Morgan fingerprint density at radius 3 is 2.65 bits per heavy atom. The Morgan fingerprint density at radius 2 is 2.05 bits per heavy atom. The molecule has 1 fully saturated rings. The van der Waals surface area contributed by atoms with Gasteiger partial charge in [0.2, 0.25) is 0 Å². The minimum atomic E-state index is -0.304. The van der Waals surface area contributed by atoms with E-state index >= 15 is 0 Å². The van der Waals surface area contributed by atoms with Crippen molar-refractivity contribution in [1.82, 2.24) is 4.90 Å². The highest BCUT2D eigenvalue weighted by Gasteiger charge is 2.13. The standard InChI is InChI=1S/C15H23N3O2/c1-17(2)14-6-5-12(11-13(14)16)15(19)20-10-9-18-7-3-4-8-18/h5-6,11H,3-4,7-10,16H2,1-2H3. The van der Waals surface area contributed by atoms with Gasteiger partial charge in [-0.1, -0.05) is 0 Å². The predicted molar refractivity (Wildman–Crippen MR) is 81.1 cm³/mol. The normalized spacial score (nSPS) is 15.3. The van der Waals surface area contributed by atoms with Crippen molar-refractivity contribution in [2.75, 3.05) is 51.0 Å². The first kappa shape index (κ1) is 14.7. The van der Waals surface area contributed by atoms with Gasteiger partial charge in [-0.05, 0) is 44.1 Å². The minimum absolute atomic E-state index is 0.304. The Morgan fingerprint density at radius 1 is 1.35 bits per heavy atom. The number of likely N-dealkylation sites (tertiary alicyclic amines) is 1. The summed E-state index contributed by atoms with van der Waals surface area (Å²) in [6, 6.07) is 5.27. The lowest BCUT2D eigenvalue weighted by molar-refractivity contribution is 0.0472. The van der Waals surface area contributed by atoms with Crippen LogP contribution in [0.4, 0.5) is 11.4 Å². The smallest absolute Gasteiger partial charge is 0.338 e. The van der Waals surface area contributed by atoms with E-state index in [0.717, 1.165) is 25.3 Å². The monoisotopic (exact) mass is 277 g/mol. The van der Waals surface area contributed by atoms with Gasteiger partial charge in [0.25, 0.3) is 0 Å². The number of carbonyl (C=O) groups excluding carboxylic acids is 1. The minimum Gasteiger partial charge on any atom is -0.461 e. The molecule has 20 heavy (non-hydrogen) atoms. The van der Waals surface area contributed by atoms with Crippen LogP contribution >= 0.6 is 0 Å². The van der Waals surface area contributed by atoms with Gasteiger partial charge in [0.1, 0.15) is 6.61 Å². The van der Waals surface area contributed by atoms with Crippen LogP contribution < -0.4 is 10.6 Å². The first-order valence-corrected chi connectivity index (χ1v) is 7.04. The first-order valence-electron chi connectivity index (χ1n) is 7.04. The van der Waals surface area contributed by atoms with Gasteiger partial charge >= 0.3 is 5.97 Å². The van der Waals surface area contributed by atoms with E-state index in [-0.39, 0.29) is 5.97 Å². The lowest BCUT2D eigenvalue weighted by atomic mass is 10.1. The molecule has 0 spiro atoms. The number of carbonyl (C=O) groups is 1. The van der Waals surface area contributed by atoms with Gasteiger partial charge in [0, 0.05) is 20.6 Å². The number of nitrogen functional groups attached to an aromatic ring is 1. The molecule has 0 atom stereocenters. The molecular weight excluding hydrogens is 254 g/mol. The molecule has 0 aliphatic carbocycles. The molecule has 1 aliphatic rings. The van der Waals surface area contributed by atoms with Crippen molar-refractivity contribution in [2.24, 2.45) is 0 Å². The van der Waals surface area contributed by atoms with Crippen LogP contribution in [0.15, 0.2) is 18.2 Å². The Kier molecular flexibility index (Phi) is 4.84. The zero-order valence-electron chi connectivity index (χ0n) is 12.3. The van der Waals surface area contributed by atoms with Crippen LogP contribution in [0.2, 0.25) is 0 Å². The van der Waals surface area contributed by atoms with E-state index in [9.17, 15) is 4.79 Å². The summed E-state index contributed by atoms with van der Waals surface area (Å²) in [4.78, 5) is 16.2. The fraction of sp³-hybridized carbons (Fsp3) is 0.533.